The molecule has 0 atom stereocenters. The predicted octanol–water partition coefficient (Wildman–Crippen LogP) is 12.0. The van der Waals surface area contributed by atoms with Crippen molar-refractivity contribution in [2.45, 2.75) is 84.1 Å². The number of carbonyl (C=O) groups excluding carboxylic acids is 4. The molecule has 0 saturated carbocycles. The van der Waals surface area contributed by atoms with Gasteiger partial charge in [-0.3, -0.25) is 24.1 Å². The van der Waals surface area contributed by atoms with Gasteiger partial charge in [-0.25, -0.2) is 4.90 Å². The Hall–Kier alpha value is -4.32. The Labute approximate surface area is 332 Å². The van der Waals surface area contributed by atoms with E-state index in [1.807, 2.05) is 36.4 Å². The Morgan fingerprint density at radius 1 is 0.574 bits per heavy atom. The molecule has 1 aromatic heterocycles. The number of hydrogen-bond donors (Lipinski definition) is 0. The molecule has 0 radical (unpaired) electrons. The third-order valence-corrected chi connectivity index (χ3v) is 13.4. The molecule has 8 nitrogen and oxygen atoms in total. The number of fused-ring (bicyclic) bond motifs is 3. The molecule has 2 aliphatic rings. The van der Waals surface area contributed by atoms with E-state index in [1.54, 1.807) is 23.1 Å². The third kappa shape index (κ3) is 5.18. The lowest BCUT2D eigenvalue weighted by Crippen LogP contribution is -2.47. The van der Waals surface area contributed by atoms with E-state index < -0.39 is 11.8 Å². The number of amides is 4. The van der Waals surface area contributed by atoms with Crippen molar-refractivity contribution in [3.05, 3.63) is 85.8 Å². The van der Waals surface area contributed by atoms with Crippen LogP contribution >= 0.6 is 43.6 Å². The number of imide groups is 2. The molecular weight excluding hydrogens is 828 g/mol. The normalized spacial score (nSPS) is 14.5. The molecule has 54 heavy (non-hydrogen) atoms. The molecule has 0 saturated heterocycles. The molecule has 272 valence electrons. The third-order valence-electron chi connectivity index (χ3n) is 11.5. The molecule has 3 heterocycles. The number of nitrogens with zero attached hydrogens (tertiary/aromatic N) is 4. The Morgan fingerprint density at radius 2 is 1.02 bits per heavy atom. The second kappa shape index (κ2) is 13.8. The van der Waals surface area contributed by atoms with E-state index in [0.717, 1.165) is 108 Å². The van der Waals surface area contributed by atoms with Crippen molar-refractivity contribution in [1.29, 1.82) is 0 Å². The van der Waals surface area contributed by atoms with Gasteiger partial charge in [0.15, 0.2) is 0 Å². The molecule has 7 aromatic rings. The number of halogens is 2. The summed E-state index contributed by atoms with van der Waals surface area (Å²) in [4.78, 5) is 60.4. The second-order valence-corrected chi connectivity index (χ2v) is 16.7. The summed E-state index contributed by atoms with van der Waals surface area (Å²) in [5.41, 5.74) is 3.53. The lowest BCUT2D eigenvalue weighted by molar-refractivity contribution is 0.0516. The maximum Gasteiger partial charge on any atom is 0.266 e. The summed E-state index contributed by atoms with van der Waals surface area (Å²) >= 11 is 8.21. The largest absolute Gasteiger partial charge is 0.271 e. The minimum absolute atomic E-state index is 0.137. The summed E-state index contributed by atoms with van der Waals surface area (Å²) in [6, 6.07) is 16.7. The highest BCUT2D eigenvalue weighted by atomic mass is 79.9. The number of anilines is 1. The fourth-order valence-corrected chi connectivity index (χ4v) is 10.7. The molecule has 0 fully saturated rings. The van der Waals surface area contributed by atoms with Crippen LogP contribution in [0.25, 0.3) is 54.1 Å². The van der Waals surface area contributed by atoms with Crippen molar-refractivity contribution in [2.75, 3.05) is 4.90 Å². The monoisotopic (exact) mass is 862 g/mol. The van der Waals surface area contributed by atoms with Crippen LogP contribution in [0.15, 0.2) is 63.5 Å². The molecule has 11 heteroatoms. The zero-order valence-electron chi connectivity index (χ0n) is 29.9. The van der Waals surface area contributed by atoms with Gasteiger partial charge in [0.25, 0.3) is 23.6 Å². The van der Waals surface area contributed by atoms with Gasteiger partial charge < -0.3 is 0 Å². The Morgan fingerprint density at radius 3 is 1.48 bits per heavy atom. The van der Waals surface area contributed by atoms with Gasteiger partial charge >= 0.3 is 0 Å². The van der Waals surface area contributed by atoms with Crippen molar-refractivity contribution in [3.8, 4) is 0 Å². The van der Waals surface area contributed by atoms with E-state index in [9.17, 15) is 19.2 Å². The molecule has 0 unspecified atom stereocenters. The molecular formula is C43H36Br2N4O4S. The first-order chi connectivity index (χ1) is 26.3. The Bertz CT molecular complexity index is 2610. The number of hydrogen-bond acceptors (Lipinski definition) is 7. The predicted molar refractivity (Wildman–Crippen MR) is 223 cm³/mol. The minimum Gasteiger partial charge on any atom is -0.271 e. The van der Waals surface area contributed by atoms with Gasteiger partial charge in [0.05, 0.1) is 21.9 Å². The quantitative estimate of drug-likeness (QED) is 0.0525. The lowest BCUT2D eigenvalue weighted by atomic mass is 9.82. The van der Waals surface area contributed by atoms with Gasteiger partial charge in [-0.2, -0.15) is 8.75 Å². The summed E-state index contributed by atoms with van der Waals surface area (Å²) in [7, 11) is 0. The molecule has 0 bridgehead atoms. The summed E-state index contributed by atoms with van der Waals surface area (Å²) in [5.74, 6) is -1.30. The highest BCUT2D eigenvalue weighted by Crippen LogP contribution is 2.48. The summed E-state index contributed by atoms with van der Waals surface area (Å²) < 4.78 is 9.87. The van der Waals surface area contributed by atoms with Gasteiger partial charge in [-0.15, -0.1) is 0 Å². The molecule has 9 rings (SSSR count). The van der Waals surface area contributed by atoms with Gasteiger partial charge in [0.1, 0.15) is 11.0 Å². The van der Waals surface area contributed by atoms with Crippen LogP contribution in [-0.4, -0.2) is 43.3 Å². The number of rotatable bonds is 12. The highest BCUT2D eigenvalue weighted by molar-refractivity contribution is 9.11. The van der Waals surface area contributed by atoms with E-state index in [-0.39, 0.29) is 17.9 Å². The minimum atomic E-state index is -0.433. The maximum atomic E-state index is 14.5. The van der Waals surface area contributed by atoms with Crippen molar-refractivity contribution in [1.82, 2.24) is 13.6 Å². The topological polar surface area (TPSA) is 101 Å². The molecule has 0 spiro atoms. The van der Waals surface area contributed by atoms with E-state index in [1.165, 1.54) is 4.90 Å². The first-order valence-electron chi connectivity index (χ1n) is 18.8. The zero-order valence-corrected chi connectivity index (χ0v) is 33.9. The first-order valence-corrected chi connectivity index (χ1v) is 21.2. The van der Waals surface area contributed by atoms with Gasteiger partial charge in [-0.05, 0) is 107 Å². The summed E-state index contributed by atoms with van der Waals surface area (Å²) in [6.45, 7) is 4.38. The average Bonchev–Trinajstić information content (AvgIpc) is 3.69. The van der Waals surface area contributed by atoms with Crippen LogP contribution in [0.4, 0.5) is 5.69 Å². The molecule has 2 aliphatic heterocycles. The zero-order chi connectivity index (χ0) is 37.4. The maximum absolute atomic E-state index is 14.5. The number of unbranched alkanes of at least 4 members (excludes halogenated alkanes) is 6. The van der Waals surface area contributed by atoms with E-state index in [4.69, 9.17) is 0 Å². The average molecular weight is 865 g/mol. The van der Waals surface area contributed by atoms with Gasteiger partial charge in [-0.1, -0.05) is 89.5 Å². The highest BCUT2D eigenvalue weighted by Gasteiger charge is 2.40. The van der Waals surface area contributed by atoms with Crippen molar-refractivity contribution in [3.63, 3.8) is 0 Å². The van der Waals surface area contributed by atoms with Gasteiger partial charge in [0, 0.05) is 43.5 Å². The smallest absolute Gasteiger partial charge is 0.266 e. The lowest BCUT2D eigenvalue weighted by Gasteiger charge is -2.35. The Kier molecular flexibility index (Phi) is 9.02. The standard InChI is InChI=1S/C43H36Br2N4O4S/c1-3-5-7-9-11-22(12-10-8-6-4-2)48-40(50)27-17-13-23-25-15-19-29-36-30(20-16-26(34(25)36)24-14-18-28(41(48)51)35(27)33(23)24)43(53)49(42(29)52)32-21-31(44)38-39(37(32)45)47-54-46-38/h13-22H,3-12H2,1-2H3. The molecule has 6 aromatic carbocycles. The van der Waals surface area contributed by atoms with Crippen molar-refractivity contribution < 1.29 is 19.2 Å². The number of benzene rings is 6. The summed E-state index contributed by atoms with van der Waals surface area (Å²) in [5, 5.41) is 6.45. The molecule has 0 aliphatic carbocycles. The van der Waals surface area contributed by atoms with Crippen molar-refractivity contribution >= 4 is 127 Å². The van der Waals surface area contributed by atoms with Crippen LogP contribution < -0.4 is 4.90 Å². The van der Waals surface area contributed by atoms with E-state index >= 15 is 0 Å². The number of carbonyl (C=O) groups is 4. The van der Waals surface area contributed by atoms with Crippen LogP contribution in [0.5, 0.6) is 0 Å². The van der Waals surface area contributed by atoms with E-state index in [2.05, 4.69) is 54.5 Å². The van der Waals surface area contributed by atoms with Crippen molar-refractivity contribution in [2.24, 2.45) is 0 Å². The molecule has 4 amide bonds. The van der Waals surface area contributed by atoms with Crippen LogP contribution in [0.1, 0.15) is 119 Å². The van der Waals surface area contributed by atoms with Crippen LogP contribution in [0.2, 0.25) is 0 Å². The number of aromatic nitrogens is 2. The fourth-order valence-electron chi connectivity index (χ4n) is 8.88. The Balaban J connectivity index is 1.18. The second-order valence-electron chi connectivity index (χ2n) is 14.6. The SMILES string of the molecule is CCCCCCC(CCCCCC)N1C(=O)c2ccc3c4ccc5c6c(ccc(c7ccc(c2c37)C1=O)c64)C(=O)N(c1cc(Br)c2nsnc2c1Br)C5=O. The van der Waals surface area contributed by atoms with Crippen LogP contribution in [0.3, 0.4) is 0 Å². The molecule has 0 N–H and O–H groups in total. The van der Waals surface area contributed by atoms with E-state index in [0.29, 0.717) is 58.7 Å². The van der Waals surface area contributed by atoms with Crippen LogP contribution in [0, 0.1) is 0 Å². The van der Waals surface area contributed by atoms with Crippen LogP contribution in [-0.2, 0) is 0 Å². The van der Waals surface area contributed by atoms with Gasteiger partial charge in [0.2, 0.25) is 0 Å². The summed E-state index contributed by atoms with van der Waals surface area (Å²) in [6.07, 6.45) is 10.4. The first kappa shape index (κ1) is 35.4. The fraction of sp³-hybridized carbons (Fsp3) is 0.302.